The highest BCUT2D eigenvalue weighted by Crippen LogP contribution is 2.30. The lowest BCUT2D eigenvalue weighted by atomic mass is 10.0. The molecule has 1 fully saturated rings. The Morgan fingerprint density at radius 3 is 2.73 bits per heavy atom. The fourth-order valence-corrected chi connectivity index (χ4v) is 2.94. The summed E-state index contributed by atoms with van der Waals surface area (Å²) in [5.41, 5.74) is 0.948. The van der Waals surface area contributed by atoms with E-state index in [1.54, 1.807) is 30.3 Å². The number of amides is 2. The van der Waals surface area contributed by atoms with E-state index >= 15 is 0 Å². The van der Waals surface area contributed by atoms with Gasteiger partial charge in [-0.3, -0.25) is 9.59 Å². The number of nitrogens with one attached hydrogen (secondary N) is 2. The SMILES string of the molecule is O=C1NCCN(C(=O)c2cc(Cl)c[nH]2)[C@H]1c1ccccc1Cl. The summed E-state index contributed by atoms with van der Waals surface area (Å²) in [7, 11) is 0. The van der Waals surface area contributed by atoms with Gasteiger partial charge in [0, 0.05) is 29.9 Å². The van der Waals surface area contributed by atoms with E-state index in [9.17, 15) is 9.59 Å². The summed E-state index contributed by atoms with van der Waals surface area (Å²) in [6.45, 7) is 0.803. The average Bonchev–Trinajstić information content (AvgIpc) is 2.94. The molecule has 1 aliphatic heterocycles. The number of carbonyl (C=O) groups is 2. The van der Waals surface area contributed by atoms with Crippen molar-refractivity contribution in [3.8, 4) is 0 Å². The molecule has 1 aromatic heterocycles. The van der Waals surface area contributed by atoms with E-state index in [1.807, 2.05) is 0 Å². The van der Waals surface area contributed by atoms with Crippen LogP contribution in [0.15, 0.2) is 36.5 Å². The monoisotopic (exact) mass is 337 g/mol. The van der Waals surface area contributed by atoms with E-state index < -0.39 is 6.04 Å². The third-order valence-corrected chi connectivity index (χ3v) is 4.11. The lowest BCUT2D eigenvalue weighted by Gasteiger charge is -2.35. The Morgan fingerprint density at radius 1 is 1.27 bits per heavy atom. The molecule has 1 atom stereocenters. The lowest BCUT2D eigenvalue weighted by Crippen LogP contribution is -2.52. The number of aromatic nitrogens is 1. The first-order valence-corrected chi connectivity index (χ1v) is 7.50. The standard InChI is InChI=1S/C15H13Cl2N3O2/c16-9-7-12(19-8-9)15(22)20-6-5-18-14(21)13(20)10-3-1-2-4-11(10)17/h1-4,7-8,13,19H,5-6H2,(H,18,21)/t13-/m0/s1. The highest BCUT2D eigenvalue weighted by molar-refractivity contribution is 6.32. The van der Waals surface area contributed by atoms with Crippen molar-refractivity contribution in [1.82, 2.24) is 15.2 Å². The number of hydrogen-bond donors (Lipinski definition) is 2. The third-order valence-electron chi connectivity index (χ3n) is 3.55. The maximum atomic E-state index is 12.7. The van der Waals surface area contributed by atoms with E-state index in [0.29, 0.717) is 34.4 Å². The zero-order chi connectivity index (χ0) is 15.7. The second kappa shape index (κ2) is 6.02. The van der Waals surface area contributed by atoms with Crippen molar-refractivity contribution in [2.24, 2.45) is 0 Å². The van der Waals surface area contributed by atoms with Gasteiger partial charge in [-0.15, -0.1) is 0 Å². The summed E-state index contributed by atoms with van der Waals surface area (Å²) in [6, 6.07) is 7.81. The zero-order valence-corrected chi connectivity index (χ0v) is 13.0. The highest BCUT2D eigenvalue weighted by Gasteiger charge is 2.36. The third kappa shape index (κ3) is 2.69. The Bertz CT molecular complexity index is 729. The molecule has 1 saturated heterocycles. The molecule has 5 nitrogen and oxygen atoms in total. The van der Waals surface area contributed by atoms with Crippen LogP contribution < -0.4 is 5.32 Å². The molecule has 0 unspecified atom stereocenters. The summed E-state index contributed by atoms with van der Waals surface area (Å²) in [5.74, 6) is -0.531. The highest BCUT2D eigenvalue weighted by atomic mass is 35.5. The van der Waals surface area contributed by atoms with Gasteiger partial charge in [-0.25, -0.2) is 0 Å². The fourth-order valence-electron chi connectivity index (χ4n) is 2.54. The predicted octanol–water partition coefficient (Wildman–Crippen LogP) is 2.63. The molecule has 1 aromatic carbocycles. The summed E-state index contributed by atoms with van der Waals surface area (Å²) in [6.07, 6.45) is 1.53. The molecular formula is C15H13Cl2N3O2. The van der Waals surface area contributed by atoms with Crippen molar-refractivity contribution in [2.75, 3.05) is 13.1 Å². The first kappa shape index (κ1) is 14.9. The molecule has 0 spiro atoms. The number of halogens is 2. The molecule has 22 heavy (non-hydrogen) atoms. The van der Waals surface area contributed by atoms with Gasteiger partial charge in [0.25, 0.3) is 5.91 Å². The molecule has 0 saturated carbocycles. The molecule has 2 amide bonds. The molecular weight excluding hydrogens is 325 g/mol. The van der Waals surface area contributed by atoms with E-state index in [2.05, 4.69) is 10.3 Å². The number of aromatic amines is 1. The second-order valence-corrected chi connectivity index (χ2v) is 5.79. The molecule has 114 valence electrons. The molecule has 1 aliphatic rings. The van der Waals surface area contributed by atoms with E-state index in [4.69, 9.17) is 23.2 Å². The summed E-state index contributed by atoms with van der Waals surface area (Å²) < 4.78 is 0. The van der Waals surface area contributed by atoms with Crippen molar-refractivity contribution >= 4 is 35.0 Å². The summed E-state index contributed by atoms with van der Waals surface area (Å²) in [5, 5.41) is 3.67. The Kier molecular flexibility index (Phi) is 4.09. The molecule has 0 bridgehead atoms. The fraction of sp³-hybridized carbons (Fsp3) is 0.200. The number of benzene rings is 1. The molecule has 2 heterocycles. The van der Waals surface area contributed by atoms with Gasteiger partial charge >= 0.3 is 0 Å². The number of hydrogen-bond acceptors (Lipinski definition) is 2. The van der Waals surface area contributed by atoms with Crippen LogP contribution in [0.25, 0.3) is 0 Å². The molecule has 0 aliphatic carbocycles. The van der Waals surface area contributed by atoms with E-state index in [-0.39, 0.29) is 11.8 Å². The molecule has 2 aromatic rings. The Balaban J connectivity index is 1.99. The Morgan fingerprint density at radius 2 is 2.05 bits per heavy atom. The van der Waals surface area contributed by atoms with Crippen LogP contribution >= 0.6 is 23.2 Å². The molecule has 2 N–H and O–H groups in total. The topological polar surface area (TPSA) is 65.2 Å². The minimum Gasteiger partial charge on any atom is -0.356 e. The van der Waals surface area contributed by atoms with Crippen molar-refractivity contribution < 1.29 is 9.59 Å². The van der Waals surface area contributed by atoms with Crippen LogP contribution in [0, 0.1) is 0 Å². The molecule has 3 rings (SSSR count). The minimum atomic E-state index is -0.753. The number of piperazine rings is 1. The first-order valence-electron chi connectivity index (χ1n) is 6.75. The largest absolute Gasteiger partial charge is 0.356 e. The van der Waals surface area contributed by atoms with Crippen LogP contribution in [-0.4, -0.2) is 34.8 Å². The van der Waals surface area contributed by atoms with Crippen LogP contribution in [0.4, 0.5) is 0 Å². The maximum Gasteiger partial charge on any atom is 0.271 e. The van der Waals surface area contributed by atoms with Crippen molar-refractivity contribution in [1.29, 1.82) is 0 Å². The number of rotatable bonds is 2. The number of H-pyrrole nitrogens is 1. The average molecular weight is 338 g/mol. The van der Waals surface area contributed by atoms with Crippen LogP contribution in [0.1, 0.15) is 22.1 Å². The normalized spacial score (nSPS) is 18.2. The Labute approximate surface area is 137 Å². The number of carbonyl (C=O) groups excluding carboxylic acids is 2. The summed E-state index contributed by atoms with van der Waals surface area (Å²) >= 11 is 12.0. The van der Waals surface area contributed by atoms with Crippen LogP contribution in [0.2, 0.25) is 10.0 Å². The van der Waals surface area contributed by atoms with Gasteiger partial charge in [0.1, 0.15) is 11.7 Å². The van der Waals surface area contributed by atoms with E-state index in [0.717, 1.165) is 0 Å². The van der Waals surface area contributed by atoms with Crippen molar-refractivity contribution in [2.45, 2.75) is 6.04 Å². The van der Waals surface area contributed by atoms with E-state index in [1.165, 1.54) is 11.1 Å². The molecule has 0 radical (unpaired) electrons. The predicted molar refractivity (Wildman–Crippen MR) is 84.0 cm³/mol. The van der Waals surface area contributed by atoms with Gasteiger partial charge in [0.15, 0.2) is 0 Å². The lowest BCUT2D eigenvalue weighted by molar-refractivity contribution is -0.128. The van der Waals surface area contributed by atoms with Gasteiger partial charge < -0.3 is 15.2 Å². The second-order valence-electron chi connectivity index (χ2n) is 4.95. The van der Waals surface area contributed by atoms with Crippen LogP contribution in [0.3, 0.4) is 0 Å². The van der Waals surface area contributed by atoms with Crippen LogP contribution in [0.5, 0.6) is 0 Å². The zero-order valence-electron chi connectivity index (χ0n) is 11.5. The van der Waals surface area contributed by atoms with Gasteiger partial charge in [0.2, 0.25) is 5.91 Å². The smallest absolute Gasteiger partial charge is 0.271 e. The van der Waals surface area contributed by atoms with Gasteiger partial charge in [-0.2, -0.15) is 0 Å². The summed E-state index contributed by atoms with van der Waals surface area (Å²) in [4.78, 5) is 29.3. The number of nitrogens with zero attached hydrogens (tertiary/aromatic N) is 1. The van der Waals surface area contributed by atoms with Gasteiger partial charge in [0.05, 0.1) is 5.02 Å². The minimum absolute atomic E-state index is 0.245. The molecule has 7 heteroatoms. The quantitative estimate of drug-likeness (QED) is 0.884. The maximum absolute atomic E-state index is 12.7. The van der Waals surface area contributed by atoms with Crippen LogP contribution in [-0.2, 0) is 4.79 Å². The Hall–Kier alpha value is -1.98. The van der Waals surface area contributed by atoms with Gasteiger partial charge in [-0.1, -0.05) is 41.4 Å². The van der Waals surface area contributed by atoms with Crippen molar-refractivity contribution in [3.63, 3.8) is 0 Å². The van der Waals surface area contributed by atoms with Crippen molar-refractivity contribution in [3.05, 3.63) is 57.8 Å². The first-order chi connectivity index (χ1) is 10.6. The van der Waals surface area contributed by atoms with Gasteiger partial charge in [-0.05, 0) is 12.1 Å².